The molecule has 9 heteroatoms. The summed E-state index contributed by atoms with van der Waals surface area (Å²) in [7, 11) is 0. The summed E-state index contributed by atoms with van der Waals surface area (Å²) in [5, 5.41) is 2.35. The summed E-state index contributed by atoms with van der Waals surface area (Å²) in [6.45, 7) is 0. The van der Waals surface area contributed by atoms with Crippen molar-refractivity contribution >= 4 is 105 Å². The maximum Gasteiger partial charge on any atom is 0.0720 e. The fraction of sp³-hybridized carbons (Fsp3) is 0. The zero-order valence-electron chi connectivity index (χ0n) is 17.4. The maximum atomic E-state index is 6.78. The van der Waals surface area contributed by atoms with Crippen LogP contribution in [-0.2, 0) is 0 Å². The molecule has 4 aromatic rings. The monoisotopic (exact) mass is 618 g/mol. The van der Waals surface area contributed by atoms with Crippen LogP contribution in [0.4, 0.5) is 5.69 Å². The topological polar surface area (TPSA) is 12.4 Å². The van der Waals surface area contributed by atoms with Gasteiger partial charge >= 0.3 is 0 Å². The number of aliphatic imine (C=N–C) groups is 1. The summed E-state index contributed by atoms with van der Waals surface area (Å²) in [5.41, 5.74) is 2.72. The largest absolute Gasteiger partial charge is 0.256 e. The summed E-state index contributed by atoms with van der Waals surface area (Å²) in [6.07, 6.45) is 1.71. The van der Waals surface area contributed by atoms with Gasteiger partial charge in [-0.15, -0.1) is 0 Å². The normalized spacial score (nSPS) is 11.6. The Balaban J connectivity index is 1.93. The fourth-order valence-corrected chi connectivity index (χ4v) is 6.17. The SMILES string of the molecule is Clc1cc(Cl)c([C](c2c(Cl)cc(Cl)cc2Cl)c2c(Cl)cc(N=Cc3ccccc3)cc2Cl)c(Cl)c1. The fourth-order valence-electron chi connectivity index (χ4n) is 3.50. The molecule has 0 aliphatic rings. The Bertz CT molecular complexity index is 1310. The summed E-state index contributed by atoms with van der Waals surface area (Å²) >= 11 is 52.3. The first-order chi connectivity index (χ1) is 16.7. The van der Waals surface area contributed by atoms with Gasteiger partial charge < -0.3 is 0 Å². The van der Waals surface area contributed by atoms with Crippen LogP contribution in [0.25, 0.3) is 0 Å². The third-order valence-electron chi connectivity index (χ3n) is 4.95. The standard InChI is InChI=1S/C26H12Cl8N/c27-14-6-17(29)23(18(30)7-14)26(24-19(31)8-15(28)9-20(24)32)25-21(33)10-16(11-22(25)34)35-12-13-4-2-1-3-5-13/h1-12H. The van der Waals surface area contributed by atoms with Gasteiger partial charge in [-0.1, -0.05) is 123 Å². The molecule has 1 radical (unpaired) electrons. The number of rotatable bonds is 5. The highest BCUT2D eigenvalue weighted by Gasteiger charge is 2.31. The van der Waals surface area contributed by atoms with Gasteiger partial charge in [-0.3, -0.25) is 4.99 Å². The molecule has 0 aliphatic carbocycles. The van der Waals surface area contributed by atoms with Crippen molar-refractivity contribution in [3.63, 3.8) is 0 Å². The lowest BCUT2D eigenvalue weighted by molar-refractivity contribution is 1.23. The van der Waals surface area contributed by atoms with E-state index in [-0.39, 0.29) is 30.1 Å². The van der Waals surface area contributed by atoms with Crippen molar-refractivity contribution in [2.45, 2.75) is 0 Å². The Morgan fingerprint density at radius 1 is 0.514 bits per heavy atom. The van der Waals surface area contributed by atoms with Gasteiger partial charge in [-0.2, -0.15) is 0 Å². The van der Waals surface area contributed by atoms with Gasteiger partial charge in [0.15, 0.2) is 0 Å². The average molecular weight is 622 g/mol. The first-order valence-electron chi connectivity index (χ1n) is 9.91. The molecular formula is C26H12Cl8N. The zero-order chi connectivity index (χ0) is 25.3. The highest BCUT2D eigenvalue weighted by atomic mass is 35.5. The number of hydrogen-bond acceptors (Lipinski definition) is 1. The molecule has 0 heterocycles. The minimum atomic E-state index is 0.262. The van der Waals surface area contributed by atoms with Crippen LogP contribution in [0.15, 0.2) is 71.7 Å². The van der Waals surface area contributed by atoms with E-state index in [9.17, 15) is 0 Å². The van der Waals surface area contributed by atoms with Crippen molar-refractivity contribution in [1.82, 2.24) is 0 Å². The molecule has 177 valence electrons. The Labute approximate surface area is 243 Å². The van der Waals surface area contributed by atoms with Gasteiger partial charge in [0.25, 0.3) is 0 Å². The van der Waals surface area contributed by atoms with Gasteiger partial charge in [0, 0.05) is 63.1 Å². The van der Waals surface area contributed by atoms with Crippen molar-refractivity contribution in [1.29, 1.82) is 0 Å². The van der Waals surface area contributed by atoms with E-state index in [1.54, 1.807) is 42.6 Å². The number of nitrogens with zero attached hydrogens (tertiary/aromatic N) is 1. The number of benzene rings is 4. The molecule has 0 saturated heterocycles. The third-order valence-corrected chi connectivity index (χ3v) is 7.18. The summed E-state index contributed by atoms with van der Waals surface area (Å²) in [4.78, 5) is 4.50. The lowest BCUT2D eigenvalue weighted by atomic mass is 9.84. The van der Waals surface area contributed by atoms with Crippen LogP contribution in [0.5, 0.6) is 0 Å². The zero-order valence-corrected chi connectivity index (χ0v) is 23.4. The van der Waals surface area contributed by atoms with E-state index in [1.807, 2.05) is 30.3 Å². The Morgan fingerprint density at radius 3 is 1.29 bits per heavy atom. The summed E-state index contributed by atoms with van der Waals surface area (Å²) < 4.78 is 0. The minimum Gasteiger partial charge on any atom is -0.256 e. The summed E-state index contributed by atoms with van der Waals surface area (Å²) in [5.74, 6) is 0.428. The molecule has 0 saturated carbocycles. The predicted molar refractivity (Wildman–Crippen MR) is 154 cm³/mol. The van der Waals surface area contributed by atoms with E-state index in [4.69, 9.17) is 92.8 Å². The molecule has 4 rings (SSSR count). The van der Waals surface area contributed by atoms with Crippen LogP contribution < -0.4 is 0 Å². The van der Waals surface area contributed by atoms with Crippen LogP contribution in [0.3, 0.4) is 0 Å². The Morgan fingerprint density at radius 2 is 0.886 bits per heavy atom. The molecule has 0 atom stereocenters. The lowest BCUT2D eigenvalue weighted by Crippen LogP contribution is -2.09. The van der Waals surface area contributed by atoms with Crippen LogP contribution in [0.1, 0.15) is 22.3 Å². The maximum absolute atomic E-state index is 6.78. The quantitative estimate of drug-likeness (QED) is 0.155. The van der Waals surface area contributed by atoms with Gasteiger partial charge in [-0.05, 0) is 42.0 Å². The Kier molecular flexibility index (Phi) is 8.85. The summed E-state index contributed by atoms with van der Waals surface area (Å²) in [6, 6.07) is 19.2. The van der Waals surface area contributed by atoms with Crippen molar-refractivity contribution in [3.05, 3.63) is 135 Å². The van der Waals surface area contributed by atoms with E-state index in [1.165, 1.54) is 0 Å². The van der Waals surface area contributed by atoms with E-state index in [0.29, 0.717) is 38.3 Å². The molecule has 0 aliphatic heterocycles. The lowest BCUT2D eigenvalue weighted by Gasteiger charge is -2.25. The second kappa shape index (κ2) is 11.5. The van der Waals surface area contributed by atoms with Crippen molar-refractivity contribution < 1.29 is 0 Å². The highest BCUT2D eigenvalue weighted by molar-refractivity contribution is 6.43. The molecule has 0 amide bonds. The smallest absolute Gasteiger partial charge is 0.0720 e. The molecule has 0 fully saturated rings. The van der Waals surface area contributed by atoms with Gasteiger partial charge in [0.05, 0.1) is 11.6 Å². The second-order valence-electron chi connectivity index (χ2n) is 7.32. The molecule has 0 aromatic heterocycles. The molecular weight excluding hydrogens is 610 g/mol. The van der Waals surface area contributed by atoms with E-state index < -0.39 is 0 Å². The van der Waals surface area contributed by atoms with Gasteiger partial charge in [0.2, 0.25) is 0 Å². The van der Waals surface area contributed by atoms with Gasteiger partial charge in [0.1, 0.15) is 0 Å². The second-order valence-corrected chi connectivity index (χ2v) is 10.6. The third kappa shape index (κ3) is 6.06. The molecule has 1 nitrogen and oxygen atoms in total. The minimum absolute atomic E-state index is 0.262. The van der Waals surface area contributed by atoms with Gasteiger partial charge in [-0.25, -0.2) is 0 Å². The van der Waals surface area contributed by atoms with Crippen LogP contribution in [0, 0.1) is 5.92 Å². The van der Waals surface area contributed by atoms with E-state index in [2.05, 4.69) is 4.99 Å². The Hall–Kier alpha value is -1.13. The van der Waals surface area contributed by atoms with Crippen molar-refractivity contribution in [2.75, 3.05) is 0 Å². The van der Waals surface area contributed by atoms with E-state index >= 15 is 0 Å². The first kappa shape index (κ1) is 26.9. The van der Waals surface area contributed by atoms with Crippen molar-refractivity contribution in [3.8, 4) is 0 Å². The molecule has 0 bridgehead atoms. The predicted octanol–water partition coefficient (Wildman–Crippen LogP) is 11.7. The van der Waals surface area contributed by atoms with Crippen LogP contribution in [-0.4, -0.2) is 6.21 Å². The molecule has 4 aromatic carbocycles. The number of hydrogen-bond donors (Lipinski definition) is 0. The molecule has 0 unspecified atom stereocenters. The molecule has 35 heavy (non-hydrogen) atoms. The number of halogens is 8. The van der Waals surface area contributed by atoms with E-state index in [0.717, 1.165) is 5.56 Å². The molecule has 0 N–H and O–H groups in total. The molecule has 0 spiro atoms. The highest BCUT2D eigenvalue weighted by Crippen LogP contribution is 2.50. The average Bonchev–Trinajstić information content (AvgIpc) is 2.76. The van der Waals surface area contributed by atoms with Crippen LogP contribution in [0.2, 0.25) is 40.2 Å². The van der Waals surface area contributed by atoms with Crippen molar-refractivity contribution in [2.24, 2.45) is 4.99 Å². The van der Waals surface area contributed by atoms with Crippen LogP contribution >= 0.6 is 92.8 Å². The first-order valence-corrected chi connectivity index (χ1v) is 12.9.